The zero-order chi connectivity index (χ0) is 16.9. The van der Waals surface area contributed by atoms with Crippen LogP contribution in [-0.2, 0) is 0 Å². The second-order valence-corrected chi connectivity index (χ2v) is 5.14. The van der Waals surface area contributed by atoms with Gasteiger partial charge in [0.25, 0.3) is 0 Å². The van der Waals surface area contributed by atoms with Gasteiger partial charge in [-0.2, -0.15) is 0 Å². The average Bonchev–Trinajstić information content (AvgIpc) is 2.57. The van der Waals surface area contributed by atoms with Crippen LogP contribution in [0, 0.1) is 12.7 Å². The van der Waals surface area contributed by atoms with Gasteiger partial charge in [0.2, 0.25) is 0 Å². The Balaban J connectivity index is 1.84. The molecule has 0 spiro atoms. The minimum atomic E-state index is -0.280. The molecular weight excluding hydrogens is 307 g/mol. The van der Waals surface area contributed by atoms with E-state index in [9.17, 15) is 4.39 Å². The Hall–Kier alpha value is -3.15. The third kappa shape index (κ3) is 3.78. The summed E-state index contributed by atoms with van der Waals surface area (Å²) in [5, 5.41) is 6.36. The van der Waals surface area contributed by atoms with Gasteiger partial charge >= 0.3 is 0 Å². The first-order valence-electron chi connectivity index (χ1n) is 7.42. The van der Waals surface area contributed by atoms with Gasteiger partial charge in [0.05, 0.1) is 12.8 Å². The first-order chi connectivity index (χ1) is 11.6. The van der Waals surface area contributed by atoms with E-state index in [1.807, 2.05) is 31.2 Å². The van der Waals surface area contributed by atoms with Gasteiger partial charge in [0.15, 0.2) is 0 Å². The van der Waals surface area contributed by atoms with Gasteiger partial charge < -0.3 is 15.4 Å². The zero-order valence-electron chi connectivity index (χ0n) is 13.4. The number of halogens is 1. The molecule has 24 heavy (non-hydrogen) atoms. The number of nitrogens with zero attached hydrogens (tertiary/aromatic N) is 2. The van der Waals surface area contributed by atoms with Crippen LogP contribution < -0.4 is 15.4 Å². The summed E-state index contributed by atoms with van der Waals surface area (Å²) in [4.78, 5) is 8.73. The monoisotopic (exact) mass is 324 g/mol. The van der Waals surface area contributed by atoms with Crippen molar-refractivity contribution in [3.05, 3.63) is 66.2 Å². The van der Waals surface area contributed by atoms with Crippen molar-refractivity contribution in [1.82, 2.24) is 9.97 Å². The summed E-state index contributed by atoms with van der Waals surface area (Å²) < 4.78 is 18.3. The normalized spacial score (nSPS) is 10.3. The number of anilines is 4. The first-order valence-corrected chi connectivity index (χ1v) is 7.42. The van der Waals surface area contributed by atoms with Crippen LogP contribution in [0.15, 0.2) is 54.6 Å². The van der Waals surface area contributed by atoms with Gasteiger partial charge in [0.1, 0.15) is 29.0 Å². The predicted octanol–water partition coefficient (Wildman–Crippen LogP) is 4.42. The molecular formula is C18H17FN4O. The lowest BCUT2D eigenvalue weighted by Crippen LogP contribution is -2.02. The fourth-order valence-electron chi connectivity index (χ4n) is 2.26. The molecule has 0 aliphatic rings. The molecule has 0 atom stereocenters. The highest BCUT2D eigenvalue weighted by atomic mass is 19.1. The van der Waals surface area contributed by atoms with Crippen molar-refractivity contribution in [3.8, 4) is 5.75 Å². The van der Waals surface area contributed by atoms with Crippen LogP contribution in [0.3, 0.4) is 0 Å². The van der Waals surface area contributed by atoms with Gasteiger partial charge in [0, 0.05) is 11.8 Å². The number of methoxy groups -OCH3 is 1. The quantitative estimate of drug-likeness (QED) is 0.727. The van der Waals surface area contributed by atoms with Crippen molar-refractivity contribution in [2.45, 2.75) is 6.92 Å². The first kappa shape index (κ1) is 15.7. The maximum absolute atomic E-state index is 13.0. The summed E-state index contributed by atoms with van der Waals surface area (Å²) in [6.45, 7) is 1.81. The number of aromatic nitrogens is 2. The van der Waals surface area contributed by atoms with E-state index >= 15 is 0 Å². The Labute approximate surface area is 139 Å². The van der Waals surface area contributed by atoms with Crippen molar-refractivity contribution < 1.29 is 9.13 Å². The maximum atomic E-state index is 13.0. The molecule has 0 fully saturated rings. The average molecular weight is 324 g/mol. The largest absolute Gasteiger partial charge is 0.495 e. The van der Waals surface area contributed by atoms with Crippen molar-refractivity contribution in [1.29, 1.82) is 0 Å². The van der Waals surface area contributed by atoms with E-state index in [0.29, 0.717) is 17.5 Å². The van der Waals surface area contributed by atoms with E-state index in [1.165, 1.54) is 12.1 Å². The van der Waals surface area contributed by atoms with Crippen LogP contribution in [0.1, 0.15) is 5.82 Å². The Morgan fingerprint density at radius 3 is 2.29 bits per heavy atom. The lowest BCUT2D eigenvalue weighted by Gasteiger charge is -2.12. The van der Waals surface area contributed by atoms with Gasteiger partial charge in [-0.1, -0.05) is 12.1 Å². The highest BCUT2D eigenvalue weighted by molar-refractivity contribution is 5.67. The highest BCUT2D eigenvalue weighted by Gasteiger charge is 2.06. The van der Waals surface area contributed by atoms with E-state index in [0.717, 1.165) is 17.1 Å². The number of rotatable bonds is 5. The number of para-hydroxylation sites is 2. The van der Waals surface area contributed by atoms with Gasteiger partial charge in [-0.05, 0) is 43.3 Å². The van der Waals surface area contributed by atoms with Gasteiger partial charge in [-0.25, -0.2) is 14.4 Å². The minimum Gasteiger partial charge on any atom is -0.495 e. The summed E-state index contributed by atoms with van der Waals surface area (Å²) in [5.41, 5.74) is 1.56. The van der Waals surface area contributed by atoms with E-state index in [-0.39, 0.29) is 5.82 Å². The van der Waals surface area contributed by atoms with E-state index in [1.54, 1.807) is 25.3 Å². The minimum absolute atomic E-state index is 0.280. The summed E-state index contributed by atoms with van der Waals surface area (Å²) in [6, 6.07) is 15.5. The van der Waals surface area contributed by atoms with Gasteiger partial charge in [-0.15, -0.1) is 0 Å². The SMILES string of the molecule is COc1ccccc1Nc1cc(Nc2ccc(F)cc2)nc(C)n1. The van der Waals surface area contributed by atoms with E-state index in [2.05, 4.69) is 20.6 Å². The van der Waals surface area contributed by atoms with Crippen molar-refractivity contribution >= 4 is 23.0 Å². The molecule has 0 saturated carbocycles. The molecule has 2 aromatic carbocycles. The summed E-state index contributed by atoms with van der Waals surface area (Å²) in [5.74, 6) is 2.31. The van der Waals surface area contributed by atoms with Crippen molar-refractivity contribution in [2.24, 2.45) is 0 Å². The Bertz CT molecular complexity index is 837. The fourth-order valence-corrected chi connectivity index (χ4v) is 2.26. The van der Waals surface area contributed by atoms with Crippen molar-refractivity contribution in [3.63, 3.8) is 0 Å². The van der Waals surface area contributed by atoms with Gasteiger partial charge in [-0.3, -0.25) is 0 Å². The number of aryl methyl sites for hydroxylation is 1. The number of ether oxygens (including phenoxy) is 1. The molecule has 1 aromatic heterocycles. The number of hydrogen-bond acceptors (Lipinski definition) is 5. The predicted molar refractivity (Wildman–Crippen MR) is 92.7 cm³/mol. The molecule has 0 bridgehead atoms. The van der Waals surface area contributed by atoms with Crippen LogP contribution >= 0.6 is 0 Å². The molecule has 0 radical (unpaired) electrons. The standard InChI is InChI=1S/C18H17FN4O/c1-12-20-17(22-14-9-7-13(19)8-10-14)11-18(21-12)23-15-5-3-4-6-16(15)24-2/h3-11H,1-2H3,(H2,20,21,22,23). The number of benzene rings is 2. The zero-order valence-corrected chi connectivity index (χ0v) is 13.4. The third-order valence-corrected chi connectivity index (χ3v) is 3.32. The molecule has 0 aliphatic heterocycles. The molecule has 0 aliphatic carbocycles. The molecule has 3 rings (SSSR count). The molecule has 6 heteroatoms. The molecule has 122 valence electrons. The summed E-state index contributed by atoms with van der Waals surface area (Å²) >= 11 is 0. The highest BCUT2D eigenvalue weighted by Crippen LogP contribution is 2.27. The molecule has 0 saturated heterocycles. The smallest absolute Gasteiger partial charge is 0.142 e. The Kier molecular flexibility index (Phi) is 4.56. The number of nitrogens with one attached hydrogen (secondary N) is 2. The van der Waals surface area contributed by atoms with Crippen molar-refractivity contribution in [2.75, 3.05) is 17.7 Å². The van der Waals surface area contributed by atoms with E-state index in [4.69, 9.17) is 4.74 Å². The van der Waals surface area contributed by atoms with Crippen LogP contribution in [0.25, 0.3) is 0 Å². The van der Waals surface area contributed by atoms with Crippen LogP contribution in [0.5, 0.6) is 5.75 Å². The Morgan fingerprint density at radius 1 is 0.917 bits per heavy atom. The van der Waals surface area contributed by atoms with E-state index < -0.39 is 0 Å². The lowest BCUT2D eigenvalue weighted by atomic mass is 10.3. The third-order valence-electron chi connectivity index (χ3n) is 3.32. The molecule has 3 aromatic rings. The van der Waals surface area contributed by atoms with Crippen LogP contribution in [0.2, 0.25) is 0 Å². The summed E-state index contributed by atoms with van der Waals surface area (Å²) in [7, 11) is 1.62. The Morgan fingerprint density at radius 2 is 1.58 bits per heavy atom. The second kappa shape index (κ2) is 6.95. The molecule has 0 amide bonds. The maximum Gasteiger partial charge on any atom is 0.142 e. The summed E-state index contributed by atoms with van der Waals surface area (Å²) in [6.07, 6.45) is 0. The second-order valence-electron chi connectivity index (χ2n) is 5.14. The van der Waals surface area contributed by atoms with Crippen LogP contribution in [0.4, 0.5) is 27.4 Å². The molecule has 5 nitrogen and oxygen atoms in total. The topological polar surface area (TPSA) is 59.1 Å². The number of hydrogen-bond donors (Lipinski definition) is 2. The fraction of sp³-hybridized carbons (Fsp3) is 0.111. The lowest BCUT2D eigenvalue weighted by molar-refractivity contribution is 0.417. The van der Waals surface area contributed by atoms with Crippen LogP contribution in [-0.4, -0.2) is 17.1 Å². The molecule has 1 heterocycles. The molecule has 0 unspecified atom stereocenters. The molecule has 2 N–H and O–H groups in total.